The number of aliphatic hydroxyl groups is 4. The second-order valence-corrected chi connectivity index (χ2v) is 27.9. The molecule has 2 saturated heterocycles. The molecule has 8 fully saturated rings. The van der Waals surface area contributed by atoms with Crippen LogP contribution in [0.15, 0.2) is 119 Å². The van der Waals surface area contributed by atoms with E-state index < -0.39 is 60.1 Å². The van der Waals surface area contributed by atoms with E-state index in [0.29, 0.717) is 17.4 Å². The first kappa shape index (κ1) is 60.6. The first-order chi connectivity index (χ1) is 41.2. The van der Waals surface area contributed by atoms with Gasteiger partial charge in [0.1, 0.15) is 6.10 Å². The molecule has 6 unspecified atom stereocenters. The lowest BCUT2D eigenvalue weighted by atomic mass is 9.45. The van der Waals surface area contributed by atoms with Crippen molar-refractivity contribution in [2.75, 3.05) is 13.2 Å². The van der Waals surface area contributed by atoms with E-state index in [1.807, 2.05) is 25.1 Å². The average molecular weight is 1190 g/mol. The summed E-state index contributed by atoms with van der Waals surface area (Å²) in [7, 11) is 0. The number of hydrogen-bond donors (Lipinski definition) is 4. The molecular weight excluding hydrogens is 1100 g/mol. The third-order valence-electron chi connectivity index (χ3n) is 24.3. The van der Waals surface area contributed by atoms with Crippen molar-refractivity contribution in [1.29, 1.82) is 0 Å². The molecule has 13 rings (SSSR count). The third-order valence-corrected chi connectivity index (χ3v) is 24.3. The SMILES string of the molecule is C[C@@H]1[C@@H](N=[N+]=[N-])COC(O[C@@H]2C=C3CCC4C(CC[C@]5(C)[C@@H](c6ccc(=O)oc6)CC[C@]45O)[C@@]3(C)CC2)[C@@H]1OC(=O)c1ccccc1.C[C@]12CC[C@H](OC3OC[C@H](N=[N+]=[N-])[C@@H](O)[C@@H]3O)C=C1CCC1C2CC[C@]2(C)[C@@H](c3ccc(=O)oc3)CC[C@]12O. The number of carbonyl (C=O) groups excluding carboxylic acids is 1. The molecule has 10 aliphatic rings. The molecule has 2 aliphatic heterocycles. The lowest BCUT2D eigenvalue weighted by Gasteiger charge is -2.62. The normalized spacial score (nSPS) is 43.8. The van der Waals surface area contributed by atoms with Gasteiger partial charge in [0.05, 0.1) is 72.9 Å². The maximum atomic E-state index is 13.1. The molecule has 462 valence electrons. The summed E-state index contributed by atoms with van der Waals surface area (Å²) in [5, 5.41) is 53.2. The van der Waals surface area contributed by atoms with E-state index in [1.54, 1.807) is 36.8 Å². The Bertz CT molecular complexity index is 3270. The number of fused-ring (bicyclic) bond motifs is 10. The van der Waals surface area contributed by atoms with E-state index in [4.69, 9.17) is 43.6 Å². The minimum absolute atomic E-state index is 0.00874. The number of hydrogen-bond acceptors (Lipinski definition) is 16. The summed E-state index contributed by atoms with van der Waals surface area (Å²) in [5.41, 5.74) is 20.1. The maximum absolute atomic E-state index is 13.1. The van der Waals surface area contributed by atoms with Crippen LogP contribution < -0.4 is 11.3 Å². The highest BCUT2D eigenvalue weighted by Gasteiger charge is 2.68. The van der Waals surface area contributed by atoms with Crippen LogP contribution in [0.3, 0.4) is 0 Å². The largest absolute Gasteiger partial charge is 0.453 e. The van der Waals surface area contributed by atoms with Gasteiger partial charge >= 0.3 is 17.2 Å². The zero-order valence-electron chi connectivity index (χ0n) is 50.0. The number of aliphatic hydroxyl groups excluding tert-OH is 2. The number of allylic oxidation sites excluding steroid dienone is 2. The summed E-state index contributed by atoms with van der Waals surface area (Å²) in [6.45, 7) is 11.3. The molecule has 0 spiro atoms. The van der Waals surface area contributed by atoms with Crippen molar-refractivity contribution in [1.82, 2.24) is 0 Å². The van der Waals surface area contributed by atoms with Crippen molar-refractivity contribution >= 4 is 5.97 Å². The van der Waals surface area contributed by atoms with Crippen molar-refractivity contribution < 1.29 is 57.7 Å². The maximum Gasteiger partial charge on any atom is 0.338 e. The first-order valence-electron chi connectivity index (χ1n) is 31.5. The molecule has 4 N–H and O–H groups in total. The molecule has 2 aromatic heterocycles. The predicted molar refractivity (Wildman–Crippen MR) is 314 cm³/mol. The van der Waals surface area contributed by atoms with Gasteiger partial charge in [-0.25, -0.2) is 14.4 Å². The Morgan fingerprint density at radius 3 is 1.58 bits per heavy atom. The summed E-state index contributed by atoms with van der Waals surface area (Å²) < 4.78 is 40.9. The van der Waals surface area contributed by atoms with Crippen LogP contribution in [0.4, 0.5) is 0 Å². The van der Waals surface area contributed by atoms with E-state index in [-0.39, 0.29) is 87.9 Å². The lowest BCUT2D eigenvalue weighted by Crippen LogP contribution is -2.60. The van der Waals surface area contributed by atoms with Gasteiger partial charge < -0.3 is 52.9 Å². The smallest absolute Gasteiger partial charge is 0.338 e. The zero-order chi connectivity index (χ0) is 60.6. The fraction of sp³-hybridized carbons (Fsp3) is 0.682. The third kappa shape index (κ3) is 10.2. The highest BCUT2D eigenvalue weighted by atomic mass is 16.7. The molecule has 22 atom stereocenters. The molecule has 6 saturated carbocycles. The Morgan fingerprint density at radius 1 is 0.593 bits per heavy atom. The fourth-order valence-electron chi connectivity index (χ4n) is 19.3. The zero-order valence-corrected chi connectivity index (χ0v) is 50.0. The number of benzene rings is 1. The Kier molecular flexibility index (Phi) is 16.5. The van der Waals surface area contributed by atoms with Gasteiger partial charge in [0, 0.05) is 38.7 Å². The van der Waals surface area contributed by atoms with E-state index >= 15 is 0 Å². The van der Waals surface area contributed by atoms with Crippen LogP contribution in [0, 0.1) is 51.2 Å². The summed E-state index contributed by atoms with van der Waals surface area (Å²) in [5.74, 6) is 0.688. The number of carbonyl (C=O) groups is 1. The topological polar surface area (TPSA) is 302 Å². The van der Waals surface area contributed by atoms with E-state index in [9.17, 15) is 34.8 Å². The van der Waals surface area contributed by atoms with Gasteiger partial charge in [0.25, 0.3) is 0 Å². The first-order valence-corrected chi connectivity index (χ1v) is 31.5. The van der Waals surface area contributed by atoms with E-state index in [0.717, 1.165) is 114 Å². The van der Waals surface area contributed by atoms with Crippen LogP contribution in [0.2, 0.25) is 0 Å². The van der Waals surface area contributed by atoms with Crippen LogP contribution in [-0.2, 0) is 23.7 Å². The molecule has 20 heteroatoms. The number of nitrogens with zero attached hydrogens (tertiary/aromatic N) is 6. The second kappa shape index (κ2) is 23.4. The molecule has 4 heterocycles. The highest BCUT2D eigenvalue weighted by Crippen LogP contribution is 2.72. The lowest BCUT2D eigenvalue weighted by molar-refractivity contribution is -0.259. The van der Waals surface area contributed by atoms with Crippen molar-refractivity contribution in [2.24, 2.45) is 61.5 Å². The molecule has 0 radical (unpaired) electrons. The minimum atomic E-state index is -1.30. The minimum Gasteiger partial charge on any atom is -0.453 e. The Labute approximate surface area is 500 Å². The van der Waals surface area contributed by atoms with E-state index in [1.165, 1.54) is 23.3 Å². The molecule has 0 amide bonds. The fourth-order valence-corrected chi connectivity index (χ4v) is 19.3. The Morgan fingerprint density at radius 2 is 1.08 bits per heavy atom. The van der Waals surface area contributed by atoms with Crippen LogP contribution in [-0.4, -0.2) is 106 Å². The summed E-state index contributed by atoms with van der Waals surface area (Å²) in [4.78, 5) is 42.0. The van der Waals surface area contributed by atoms with Gasteiger partial charge in [-0.3, -0.25) is 0 Å². The molecule has 86 heavy (non-hydrogen) atoms. The quantitative estimate of drug-likeness (QED) is 0.0482. The number of rotatable bonds is 10. The monoisotopic (exact) mass is 1180 g/mol. The van der Waals surface area contributed by atoms with Gasteiger partial charge in [-0.2, -0.15) is 0 Å². The molecule has 1 aromatic carbocycles. The molecule has 0 bridgehead atoms. The summed E-state index contributed by atoms with van der Waals surface area (Å²) in [6.07, 6.45) is 16.3. The standard InChI is InChI=1S/C37H45N3O7.C29H39N3O7/c1-22-30(39-40-38)21-45-34(32(22)47-33(42)23-7-5-4-6-8-23)46-26-13-16-35(2)25(19-26)10-11-29-28(35)14-17-36(3)27(15-18-37(29,36)43)24-9-12-31(41)44-20-24;1-27-10-7-18(39-26-25(35)24(34)22(15-38-26)31-32-30)13-17(27)4-5-21-20(27)8-11-28(2)19(9-12-29(21,28)36)16-3-6-23(33)37-14-16/h4-9,12,19-20,22,26-30,32,34,43H,10-11,13-18,21H2,1-3H3;3,6,13-14,18-22,24-26,34-36H,4-5,7-12,15H2,1-2H3/t22-,26+,27-,28?,29?,30+,32-,34?,35+,36-,37+;18-,19+,20?,21?,22-,24+,25-,26?,27-,28+,29-/m10/s1. The van der Waals surface area contributed by atoms with Gasteiger partial charge in [0.2, 0.25) is 0 Å². The average Bonchev–Trinajstić information content (AvgIpc) is 1.41. The van der Waals surface area contributed by atoms with Crippen molar-refractivity contribution in [3.05, 3.63) is 149 Å². The van der Waals surface area contributed by atoms with Crippen LogP contribution >= 0.6 is 0 Å². The number of azide groups is 2. The van der Waals surface area contributed by atoms with Gasteiger partial charge in [0.15, 0.2) is 18.7 Å². The molecular formula is C66H84N6O14. The number of esters is 1. The Hall–Kier alpha value is -5.63. The van der Waals surface area contributed by atoms with Gasteiger partial charge in [-0.15, -0.1) is 0 Å². The highest BCUT2D eigenvalue weighted by molar-refractivity contribution is 5.89. The molecule has 20 nitrogen and oxygen atoms in total. The molecule has 8 aliphatic carbocycles. The van der Waals surface area contributed by atoms with Crippen molar-refractivity contribution in [3.63, 3.8) is 0 Å². The predicted octanol–water partition coefficient (Wildman–Crippen LogP) is 11.0. The van der Waals surface area contributed by atoms with Crippen LogP contribution in [0.5, 0.6) is 0 Å². The van der Waals surface area contributed by atoms with Crippen molar-refractivity contribution in [2.45, 2.75) is 216 Å². The summed E-state index contributed by atoms with van der Waals surface area (Å²) >= 11 is 0. The van der Waals surface area contributed by atoms with E-state index in [2.05, 4.69) is 59.9 Å². The van der Waals surface area contributed by atoms with Crippen LogP contribution in [0.25, 0.3) is 20.9 Å². The summed E-state index contributed by atoms with van der Waals surface area (Å²) in [6, 6.07) is 14.2. The number of ether oxygens (including phenoxy) is 5. The van der Waals surface area contributed by atoms with Crippen LogP contribution in [0.1, 0.15) is 171 Å². The Balaban J connectivity index is 0.000000171. The molecule has 3 aromatic rings. The van der Waals surface area contributed by atoms with Crippen molar-refractivity contribution in [3.8, 4) is 0 Å². The van der Waals surface area contributed by atoms with Gasteiger partial charge in [-0.1, -0.05) is 86.3 Å². The second-order valence-electron chi connectivity index (χ2n) is 27.9. The van der Waals surface area contributed by atoms with Gasteiger partial charge in [-0.05, 0) is 196 Å².